The van der Waals surface area contributed by atoms with Gasteiger partial charge in [0.1, 0.15) is 5.54 Å². The maximum Gasteiger partial charge on any atom is 0.108 e. The molecule has 3 heteroatoms. The van der Waals surface area contributed by atoms with E-state index in [1.54, 1.807) is 0 Å². The highest BCUT2D eigenvalue weighted by Crippen LogP contribution is 2.34. The molecule has 1 saturated heterocycles. The van der Waals surface area contributed by atoms with E-state index in [1.807, 2.05) is 7.05 Å². The van der Waals surface area contributed by atoms with Crippen molar-refractivity contribution < 1.29 is 0 Å². The zero-order valence-electron chi connectivity index (χ0n) is 11.9. The molecule has 0 spiro atoms. The number of rotatable bonds is 3. The summed E-state index contributed by atoms with van der Waals surface area (Å²) in [6.45, 7) is 3.55. The Morgan fingerprint density at radius 1 is 1.33 bits per heavy atom. The standard InChI is InChI=1S/C15H27N3/c1-3-13-7-4-5-10-18(13)14-8-6-9-15(11-14,12-16)17-2/h13-14,17H,3-11H2,1-2H3. The van der Waals surface area contributed by atoms with Gasteiger partial charge in [-0.2, -0.15) is 5.26 Å². The van der Waals surface area contributed by atoms with Gasteiger partial charge in [0.25, 0.3) is 0 Å². The number of hydrogen-bond donors (Lipinski definition) is 1. The fraction of sp³-hybridized carbons (Fsp3) is 0.933. The fourth-order valence-electron chi connectivity index (χ4n) is 3.86. The summed E-state index contributed by atoms with van der Waals surface area (Å²) in [6.07, 6.45) is 9.83. The third-order valence-electron chi connectivity index (χ3n) is 5.03. The Kier molecular flexibility index (Phi) is 4.64. The second kappa shape index (κ2) is 6.04. The monoisotopic (exact) mass is 249 g/mol. The molecule has 1 aliphatic carbocycles. The van der Waals surface area contributed by atoms with Gasteiger partial charge in [-0.05, 0) is 58.5 Å². The molecule has 3 atom stereocenters. The third kappa shape index (κ3) is 2.70. The van der Waals surface area contributed by atoms with Crippen LogP contribution in [0.25, 0.3) is 0 Å². The molecule has 0 radical (unpaired) electrons. The Hall–Kier alpha value is -0.590. The molecule has 0 aromatic rings. The van der Waals surface area contributed by atoms with Crippen molar-refractivity contribution in [2.45, 2.75) is 75.9 Å². The number of hydrogen-bond acceptors (Lipinski definition) is 3. The highest BCUT2D eigenvalue weighted by atomic mass is 15.2. The van der Waals surface area contributed by atoms with Gasteiger partial charge in [0.15, 0.2) is 0 Å². The van der Waals surface area contributed by atoms with Crippen molar-refractivity contribution in [1.29, 1.82) is 5.26 Å². The first kappa shape index (κ1) is 13.8. The fourth-order valence-corrected chi connectivity index (χ4v) is 3.86. The summed E-state index contributed by atoms with van der Waals surface area (Å²) < 4.78 is 0. The smallest absolute Gasteiger partial charge is 0.108 e. The van der Waals surface area contributed by atoms with Crippen LogP contribution in [-0.4, -0.2) is 36.1 Å². The lowest BCUT2D eigenvalue weighted by atomic mass is 9.78. The van der Waals surface area contributed by atoms with E-state index in [0.29, 0.717) is 6.04 Å². The highest BCUT2D eigenvalue weighted by molar-refractivity contribution is 5.11. The molecule has 1 aliphatic heterocycles. The van der Waals surface area contributed by atoms with Gasteiger partial charge < -0.3 is 5.32 Å². The first-order valence-corrected chi connectivity index (χ1v) is 7.60. The van der Waals surface area contributed by atoms with Gasteiger partial charge in [0.05, 0.1) is 6.07 Å². The lowest BCUT2D eigenvalue weighted by molar-refractivity contribution is 0.0533. The molecule has 0 aromatic carbocycles. The van der Waals surface area contributed by atoms with Gasteiger partial charge in [-0.3, -0.25) is 4.90 Å². The van der Waals surface area contributed by atoms with Crippen LogP contribution in [0.4, 0.5) is 0 Å². The number of nitrogens with one attached hydrogen (secondary N) is 1. The summed E-state index contributed by atoms with van der Waals surface area (Å²) in [4.78, 5) is 2.71. The molecule has 3 unspecified atom stereocenters. The van der Waals surface area contributed by atoms with Gasteiger partial charge in [-0.25, -0.2) is 0 Å². The number of nitrogens with zero attached hydrogens (tertiary/aromatic N) is 2. The summed E-state index contributed by atoms with van der Waals surface area (Å²) in [5, 5.41) is 12.7. The van der Waals surface area contributed by atoms with E-state index in [1.165, 1.54) is 45.1 Å². The molecule has 2 fully saturated rings. The molecular formula is C15H27N3. The molecule has 1 heterocycles. The molecule has 102 valence electrons. The molecular weight excluding hydrogens is 222 g/mol. The van der Waals surface area contributed by atoms with Crippen LogP contribution < -0.4 is 5.32 Å². The van der Waals surface area contributed by atoms with Gasteiger partial charge in [0.2, 0.25) is 0 Å². The Morgan fingerprint density at radius 2 is 2.17 bits per heavy atom. The van der Waals surface area contributed by atoms with Gasteiger partial charge in [0, 0.05) is 12.1 Å². The largest absolute Gasteiger partial charge is 0.302 e. The van der Waals surface area contributed by atoms with Crippen LogP contribution >= 0.6 is 0 Å². The summed E-state index contributed by atoms with van der Waals surface area (Å²) in [6, 6.07) is 3.91. The predicted molar refractivity (Wildman–Crippen MR) is 74.3 cm³/mol. The highest BCUT2D eigenvalue weighted by Gasteiger charge is 2.39. The topological polar surface area (TPSA) is 39.1 Å². The van der Waals surface area contributed by atoms with E-state index in [0.717, 1.165) is 18.9 Å². The second-order valence-electron chi connectivity index (χ2n) is 5.99. The van der Waals surface area contributed by atoms with Gasteiger partial charge in [-0.15, -0.1) is 0 Å². The maximum atomic E-state index is 9.45. The van der Waals surface area contributed by atoms with Crippen LogP contribution in [0.5, 0.6) is 0 Å². The Morgan fingerprint density at radius 3 is 2.83 bits per heavy atom. The quantitative estimate of drug-likeness (QED) is 0.836. The molecule has 18 heavy (non-hydrogen) atoms. The molecule has 3 nitrogen and oxygen atoms in total. The lowest BCUT2D eigenvalue weighted by Crippen LogP contribution is -2.54. The van der Waals surface area contributed by atoms with Crippen molar-refractivity contribution >= 4 is 0 Å². The summed E-state index contributed by atoms with van der Waals surface area (Å²) in [5.41, 5.74) is -0.265. The second-order valence-corrected chi connectivity index (χ2v) is 5.99. The molecule has 1 N–H and O–H groups in total. The summed E-state index contributed by atoms with van der Waals surface area (Å²) in [7, 11) is 1.94. The molecule has 0 bridgehead atoms. The van der Waals surface area contributed by atoms with E-state index in [9.17, 15) is 5.26 Å². The zero-order valence-corrected chi connectivity index (χ0v) is 11.9. The van der Waals surface area contributed by atoms with E-state index in [-0.39, 0.29) is 5.54 Å². The molecule has 2 rings (SSSR count). The maximum absolute atomic E-state index is 9.45. The predicted octanol–water partition coefficient (Wildman–Crippen LogP) is 2.68. The average Bonchev–Trinajstić information content (AvgIpc) is 2.47. The van der Waals surface area contributed by atoms with Crippen molar-refractivity contribution in [2.75, 3.05) is 13.6 Å². The van der Waals surface area contributed by atoms with E-state index in [4.69, 9.17) is 0 Å². The van der Waals surface area contributed by atoms with Crippen LogP contribution in [0.3, 0.4) is 0 Å². The SMILES string of the molecule is CCC1CCCCN1C1CCCC(C#N)(NC)C1. The minimum absolute atomic E-state index is 0.265. The average molecular weight is 249 g/mol. The summed E-state index contributed by atoms with van der Waals surface area (Å²) >= 11 is 0. The first-order valence-electron chi connectivity index (χ1n) is 7.60. The molecule has 2 aliphatic rings. The van der Waals surface area contributed by atoms with Crippen molar-refractivity contribution in [1.82, 2.24) is 10.2 Å². The van der Waals surface area contributed by atoms with Gasteiger partial charge in [-0.1, -0.05) is 13.3 Å². The molecule has 0 amide bonds. The molecule has 0 aromatic heterocycles. The van der Waals surface area contributed by atoms with Crippen LogP contribution in [0.15, 0.2) is 0 Å². The van der Waals surface area contributed by atoms with E-state index < -0.39 is 0 Å². The normalized spacial score (nSPS) is 38.3. The number of likely N-dealkylation sites (tertiary alicyclic amines) is 1. The first-order chi connectivity index (χ1) is 8.74. The van der Waals surface area contributed by atoms with Crippen molar-refractivity contribution in [3.63, 3.8) is 0 Å². The van der Waals surface area contributed by atoms with Crippen LogP contribution in [-0.2, 0) is 0 Å². The Balaban J connectivity index is 2.05. The third-order valence-corrected chi connectivity index (χ3v) is 5.03. The van der Waals surface area contributed by atoms with Crippen LogP contribution in [0.1, 0.15) is 58.3 Å². The van der Waals surface area contributed by atoms with Crippen molar-refractivity contribution in [2.24, 2.45) is 0 Å². The minimum Gasteiger partial charge on any atom is -0.302 e. The van der Waals surface area contributed by atoms with Crippen LogP contribution in [0, 0.1) is 11.3 Å². The van der Waals surface area contributed by atoms with Gasteiger partial charge >= 0.3 is 0 Å². The Bertz CT molecular complexity index is 309. The van der Waals surface area contributed by atoms with E-state index in [2.05, 4.69) is 23.2 Å². The van der Waals surface area contributed by atoms with E-state index >= 15 is 0 Å². The van der Waals surface area contributed by atoms with Crippen LogP contribution in [0.2, 0.25) is 0 Å². The zero-order chi connectivity index (χ0) is 13.0. The molecule has 1 saturated carbocycles. The lowest BCUT2D eigenvalue weighted by Gasteiger charge is -2.46. The minimum atomic E-state index is -0.265. The number of nitriles is 1. The Labute approximate surface area is 112 Å². The summed E-state index contributed by atoms with van der Waals surface area (Å²) in [5.74, 6) is 0. The van der Waals surface area contributed by atoms with Crippen molar-refractivity contribution in [3.05, 3.63) is 0 Å². The van der Waals surface area contributed by atoms with Crippen molar-refractivity contribution in [3.8, 4) is 6.07 Å². The number of piperidine rings is 1.